The van der Waals surface area contributed by atoms with Crippen LogP contribution >= 0.6 is 0 Å². The summed E-state index contributed by atoms with van der Waals surface area (Å²) in [5.74, 6) is -1.55. The minimum absolute atomic E-state index is 0.208. The summed E-state index contributed by atoms with van der Waals surface area (Å²) in [5.41, 5.74) is 1.91. The van der Waals surface area contributed by atoms with Crippen molar-refractivity contribution in [3.63, 3.8) is 0 Å². The second kappa shape index (κ2) is 15.0. The van der Waals surface area contributed by atoms with E-state index in [-0.39, 0.29) is 13.0 Å². The smallest absolute Gasteiger partial charge is 0.408 e. The fourth-order valence-electron chi connectivity index (χ4n) is 4.48. The van der Waals surface area contributed by atoms with Crippen molar-refractivity contribution in [3.05, 3.63) is 70.8 Å². The minimum Gasteiger partial charge on any atom is -0.458 e. The first kappa shape index (κ1) is 35.3. The van der Waals surface area contributed by atoms with Crippen LogP contribution in [0.1, 0.15) is 90.1 Å². The predicted molar refractivity (Wildman–Crippen MR) is 167 cm³/mol. The Hall–Kier alpha value is -3.88. The van der Waals surface area contributed by atoms with E-state index in [1.807, 2.05) is 69.3 Å². The molecule has 0 saturated heterocycles. The van der Waals surface area contributed by atoms with E-state index in [9.17, 15) is 19.2 Å². The first-order chi connectivity index (χ1) is 19.9. The van der Waals surface area contributed by atoms with Gasteiger partial charge in [-0.15, -0.1) is 0 Å². The number of alkyl carbamates (subject to hydrolysis) is 1. The van der Waals surface area contributed by atoms with Gasteiger partial charge in [-0.05, 0) is 91.0 Å². The maximum absolute atomic E-state index is 14.2. The highest BCUT2D eigenvalue weighted by Gasteiger charge is 2.37. The summed E-state index contributed by atoms with van der Waals surface area (Å²) in [5, 5.41) is 5.51. The van der Waals surface area contributed by atoms with Crippen LogP contribution in [0.2, 0.25) is 0 Å². The van der Waals surface area contributed by atoms with Gasteiger partial charge in [0.25, 0.3) is 0 Å². The largest absolute Gasteiger partial charge is 0.458 e. The number of nitrogens with one attached hydrogen (secondary N) is 2. The lowest BCUT2D eigenvalue weighted by atomic mass is 9.97. The molecule has 0 radical (unpaired) electrons. The Morgan fingerprint density at radius 1 is 0.837 bits per heavy atom. The predicted octanol–water partition coefficient (Wildman–Crippen LogP) is 5.57. The number of benzene rings is 2. The molecule has 236 valence electrons. The molecule has 0 aliphatic rings. The van der Waals surface area contributed by atoms with Gasteiger partial charge in [-0.1, -0.05) is 55.5 Å². The summed E-state index contributed by atoms with van der Waals surface area (Å²) in [6.45, 7) is 18.1. The average Bonchev–Trinajstić information content (AvgIpc) is 2.88. The van der Waals surface area contributed by atoms with Crippen molar-refractivity contribution < 1.29 is 28.7 Å². The van der Waals surface area contributed by atoms with E-state index in [1.165, 1.54) is 4.90 Å². The number of nitrogens with zero attached hydrogens (tertiary/aromatic N) is 1. The molecular formula is C34H49N3O6. The highest BCUT2D eigenvalue weighted by Crippen LogP contribution is 2.26. The van der Waals surface area contributed by atoms with E-state index < -0.39 is 53.2 Å². The van der Waals surface area contributed by atoms with Crippen molar-refractivity contribution in [1.82, 2.24) is 15.5 Å². The Labute approximate surface area is 256 Å². The molecule has 9 heteroatoms. The molecule has 0 spiro atoms. The summed E-state index contributed by atoms with van der Waals surface area (Å²) in [4.78, 5) is 55.4. The summed E-state index contributed by atoms with van der Waals surface area (Å²) < 4.78 is 11.0. The van der Waals surface area contributed by atoms with Crippen LogP contribution < -0.4 is 10.6 Å². The van der Waals surface area contributed by atoms with Gasteiger partial charge in [0.2, 0.25) is 11.8 Å². The van der Waals surface area contributed by atoms with Gasteiger partial charge < -0.3 is 25.0 Å². The number of aryl methyl sites for hydroxylation is 2. The lowest BCUT2D eigenvalue weighted by Crippen LogP contribution is -2.54. The van der Waals surface area contributed by atoms with Gasteiger partial charge in [0.15, 0.2) is 0 Å². The molecule has 0 aliphatic heterocycles. The zero-order chi connectivity index (χ0) is 32.5. The maximum Gasteiger partial charge on any atom is 0.408 e. The molecule has 0 bridgehead atoms. The monoisotopic (exact) mass is 595 g/mol. The fraction of sp³-hybridized carbons (Fsp3) is 0.529. The Bertz CT molecular complexity index is 1260. The first-order valence-corrected chi connectivity index (χ1v) is 14.9. The van der Waals surface area contributed by atoms with E-state index in [4.69, 9.17) is 9.47 Å². The lowest BCUT2D eigenvalue weighted by molar-refractivity contribution is -0.159. The van der Waals surface area contributed by atoms with E-state index in [2.05, 4.69) is 10.6 Å². The van der Waals surface area contributed by atoms with Crippen LogP contribution in [-0.2, 0) is 30.3 Å². The summed E-state index contributed by atoms with van der Waals surface area (Å²) in [6.07, 6.45) is 0.0308. The number of hydrogen-bond acceptors (Lipinski definition) is 6. The van der Waals surface area contributed by atoms with Gasteiger partial charge in [0, 0.05) is 13.0 Å². The minimum atomic E-state index is -1.07. The second-order valence-electron chi connectivity index (χ2n) is 12.9. The van der Waals surface area contributed by atoms with Gasteiger partial charge in [-0.2, -0.15) is 0 Å². The third kappa shape index (κ3) is 11.4. The quantitative estimate of drug-likeness (QED) is 0.329. The summed E-state index contributed by atoms with van der Waals surface area (Å²) in [6, 6.07) is 11.9. The molecule has 9 nitrogen and oxygen atoms in total. The van der Waals surface area contributed by atoms with E-state index in [0.717, 1.165) is 16.7 Å². The second-order valence-corrected chi connectivity index (χ2v) is 12.9. The molecule has 0 aromatic heterocycles. The third-order valence-corrected chi connectivity index (χ3v) is 6.55. The van der Waals surface area contributed by atoms with Gasteiger partial charge in [-0.25, -0.2) is 9.59 Å². The van der Waals surface area contributed by atoms with E-state index in [0.29, 0.717) is 12.0 Å². The number of carbonyl (C=O) groups excluding carboxylic acids is 4. The number of hydrogen-bond donors (Lipinski definition) is 2. The van der Waals surface area contributed by atoms with Gasteiger partial charge in [-0.3, -0.25) is 9.59 Å². The maximum atomic E-state index is 14.2. The van der Waals surface area contributed by atoms with Crippen molar-refractivity contribution in [2.45, 2.75) is 111 Å². The number of esters is 1. The normalized spacial score (nSPS) is 13.7. The molecule has 2 rings (SSSR count). The zero-order valence-corrected chi connectivity index (χ0v) is 27.4. The van der Waals surface area contributed by atoms with Gasteiger partial charge in [0.05, 0.1) is 0 Å². The topological polar surface area (TPSA) is 114 Å². The van der Waals surface area contributed by atoms with Crippen LogP contribution in [0.4, 0.5) is 4.79 Å². The Kier molecular flexibility index (Phi) is 12.3. The zero-order valence-electron chi connectivity index (χ0n) is 27.4. The molecule has 0 aliphatic carbocycles. The molecule has 2 N–H and O–H groups in total. The van der Waals surface area contributed by atoms with Crippen LogP contribution in [0, 0.1) is 13.8 Å². The highest BCUT2D eigenvalue weighted by atomic mass is 16.6. The number of ether oxygens (including phenoxy) is 2. The summed E-state index contributed by atoms with van der Waals surface area (Å²) >= 11 is 0. The third-order valence-electron chi connectivity index (χ3n) is 6.55. The molecule has 43 heavy (non-hydrogen) atoms. The molecule has 2 aromatic carbocycles. The molecule has 2 aromatic rings. The standard InChI is InChI=1S/C34H49N3O6/c1-11-19-37(30(39)24(4)35-32(41)43-34(8,9)10)28(26-18-17-22(2)23(3)20-26)29(38)36-27(31(40)42-33(5,6)7)21-25-15-13-12-14-16-25/h12-18,20,24,27-28H,11,19,21H2,1-10H3,(H,35,41)(H,36,38). The van der Waals surface area contributed by atoms with Crippen LogP contribution in [0.15, 0.2) is 48.5 Å². The fourth-order valence-corrected chi connectivity index (χ4v) is 4.48. The van der Waals surface area contributed by atoms with E-state index >= 15 is 0 Å². The van der Waals surface area contributed by atoms with Crippen LogP contribution in [0.3, 0.4) is 0 Å². The molecule has 3 atom stereocenters. The molecular weight excluding hydrogens is 546 g/mol. The van der Waals surface area contributed by atoms with E-state index in [1.54, 1.807) is 48.5 Å². The van der Waals surface area contributed by atoms with Crippen molar-refractivity contribution >= 4 is 23.9 Å². The highest BCUT2D eigenvalue weighted by molar-refractivity contribution is 5.94. The van der Waals surface area contributed by atoms with Crippen LogP contribution in [0.25, 0.3) is 0 Å². The van der Waals surface area contributed by atoms with Crippen molar-refractivity contribution in [2.75, 3.05) is 6.54 Å². The van der Waals surface area contributed by atoms with Crippen LogP contribution in [0.5, 0.6) is 0 Å². The van der Waals surface area contributed by atoms with Crippen molar-refractivity contribution in [1.29, 1.82) is 0 Å². The average molecular weight is 596 g/mol. The van der Waals surface area contributed by atoms with Crippen LogP contribution in [-0.4, -0.2) is 58.6 Å². The Balaban J connectivity index is 2.52. The van der Waals surface area contributed by atoms with Crippen molar-refractivity contribution in [3.8, 4) is 0 Å². The van der Waals surface area contributed by atoms with Gasteiger partial charge >= 0.3 is 12.1 Å². The number of carbonyl (C=O) groups is 4. The summed E-state index contributed by atoms with van der Waals surface area (Å²) in [7, 11) is 0. The Morgan fingerprint density at radius 3 is 1.98 bits per heavy atom. The molecule has 0 saturated carbocycles. The Morgan fingerprint density at radius 2 is 1.44 bits per heavy atom. The van der Waals surface area contributed by atoms with Gasteiger partial charge in [0.1, 0.15) is 29.3 Å². The molecule has 3 amide bonds. The number of rotatable bonds is 11. The molecule has 3 unspecified atom stereocenters. The molecule has 0 fully saturated rings. The first-order valence-electron chi connectivity index (χ1n) is 14.9. The number of amides is 3. The van der Waals surface area contributed by atoms with Crippen molar-refractivity contribution in [2.24, 2.45) is 0 Å². The lowest BCUT2D eigenvalue weighted by Gasteiger charge is -2.34. The SMILES string of the molecule is CCCN(C(=O)C(C)NC(=O)OC(C)(C)C)C(C(=O)NC(Cc1ccccc1)C(=O)OC(C)(C)C)c1ccc(C)c(C)c1. The molecule has 0 heterocycles.